The number of rotatable bonds is 13. The minimum Gasteiger partial charge on any atom is -0.493 e. The lowest BCUT2D eigenvalue weighted by Crippen LogP contribution is -2.28. The lowest BCUT2D eigenvalue weighted by molar-refractivity contribution is 0.265. The Morgan fingerprint density at radius 3 is 1.91 bits per heavy atom. The van der Waals surface area contributed by atoms with Crippen molar-refractivity contribution in [2.24, 2.45) is 0 Å². The molecule has 3 nitrogen and oxygen atoms in total. The first-order valence-electron chi connectivity index (χ1n) is 9.18. The number of unbranched alkanes of at least 4 members (excludes halogenated alkanes) is 4. The van der Waals surface area contributed by atoms with Crippen molar-refractivity contribution < 1.29 is 9.47 Å². The van der Waals surface area contributed by atoms with Crippen LogP contribution < -0.4 is 9.47 Å². The van der Waals surface area contributed by atoms with Gasteiger partial charge in [-0.2, -0.15) is 0 Å². The van der Waals surface area contributed by atoms with Gasteiger partial charge in [0.2, 0.25) is 0 Å². The van der Waals surface area contributed by atoms with Crippen LogP contribution in [-0.2, 0) is 6.42 Å². The zero-order valence-corrected chi connectivity index (χ0v) is 15.6. The Kier molecular flexibility index (Phi) is 10.5. The maximum atomic E-state index is 5.40. The van der Waals surface area contributed by atoms with Crippen molar-refractivity contribution in [3.05, 3.63) is 23.8 Å². The minimum absolute atomic E-state index is 0.805. The van der Waals surface area contributed by atoms with Gasteiger partial charge in [-0.1, -0.05) is 45.6 Å². The topological polar surface area (TPSA) is 21.7 Å². The smallest absolute Gasteiger partial charge is 0.160 e. The Hall–Kier alpha value is -1.22. The summed E-state index contributed by atoms with van der Waals surface area (Å²) in [7, 11) is 3.38. The van der Waals surface area contributed by atoms with Crippen LogP contribution >= 0.6 is 0 Å². The van der Waals surface area contributed by atoms with Crippen LogP contribution in [0.25, 0.3) is 0 Å². The molecule has 0 aliphatic rings. The molecule has 132 valence electrons. The molecule has 0 unspecified atom stereocenters. The summed E-state index contributed by atoms with van der Waals surface area (Å²) >= 11 is 0. The van der Waals surface area contributed by atoms with Gasteiger partial charge in [0, 0.05) is 6.54 Å². The first kappa shape index (κ1) is 19.8. The highest BCUT2D eigenvalue weighted by Gasteiger charge is 2.08. The Balaban J connectivity index is 2.54. The van der Waals surface area contributed by atoms with Crippen molar-refractivity contribution in [3.63, 3.8) is 0 Å². The van der Waals surface area contributed by atoms with Gasteiger partial charge < -0.3 is 14.4 Å². The normalized spacial score (nSPS) is 11.0. The zero-order valence-electron chi connectivity index (χ0n) is 15.6. The second kappa shape index (κ2) is 12.2. The van der Waals surface area contributed by atoms with E-state index in [1.807, 2.05) is 6.07 Å². The standard InChI is InChI=1S/C20H35NO2/c1-5-7-9-14-21(15-10-8-6-2)16-13-18-11-12-19(22-3)20(17-18)23-4/h11-12,17H,5-10,13-16H2,1-4H3. The Morgan fingerprint density at radius 1 is 0.783 bits per heavy atom. The molecule has 3 heteroatoms. The third-order valence-corrected chi connectivity index (χ3v) is 4.32. The Morgan fingerprint density at radius 2 is 1.39 bits per heavy atom. The largest absolute Gasteiger partial charge is 0.493 e. The molecule has 0 atom stereocenters. The fourth-order valence-corrected chi connectivity index (χ4v) is 2.83. The lowest BCUT2D eigenvalue weighted by atomic mass is 10.1. The molecule has 1 rings (SSSR count). The maximum Gasteiger partial charge on any atom is 0.160 e. The average Bonchev–Trinajstić information content (AvgIpc) is 2.59. The van der Waals surface area contributed by atoms with E-state index in [9.17, 15) is 0 Å². The molecule has 0 amide bonds. The van der Waals surface area contributed by atoms with Crippen molar-refractivity contribution in [2.45, 2.75) is 58.8 Å². The number of ether oxygens (including phenoxy) is 2. The summed E-state index contributed by atoms with van der Waals surface area (Å²) < 4.78 is 10.7. The highest BCUT2D eigenvalue weighted by molar-refractivity contribution is 5.42. The van der Waals surface area contributed by atoms with E-state index in [4.69, 9.17) is 9.47 Å². The minimum atomic E-state index is 0.805. The van der Waals surface area contributed by atoms with Crippen LogP contribution in [0.2, 0.25) is 0 Å². The van der Waals surface area contributed by atoms with Crippen LogP contribution in [-0.4, -0.2) is 38.8 Å². The Labute approximate surface area is 143 Å². The van der Waals surface area contributed by atoms with E-state index in [1.165, 1.54) is 57.2 Å². The number of benzene rings is 1. The van der Waals surface area contributed by atoms with Gasteiger partial charge in [-0.05, 0) is 50.0 Å². The molecule has 0 fully saturated rings. The highest BCUT2D eigenvalue weighted by atomic mass is 16.5. The van der Waals surface area contributed by atoms with Crippen LogP contribution in [0.4, 0.5) is 0 Å². The second-order valence-electron chi connectivity index (χ2n) is 6.20. The third-order valence-electron chi connectivity index (χ3n) is 4.32. The average molecular weight is 322 g/mol. The number of hydrogen-bond acceptors (Lipinski definition) is 3. The molecule has 0 heterocycles. The molecule has 23 heavy (non-hydrogen) atoms. The fraction of sp³-hybridized carbons (Fsp3) is 0.700. The van der Waals surface area contributed by atoms with Crippen LogP contribution in [0.15, 0.2) is 18.2 Å². The van der Waals surface area contributed by atoms with Gasteiger partial charge in [0.05, 0.1) is 14.2 Å². The van der Waals surface area contributed by atoms with Gasteiger partial charge in [0.1, 0.15) is 0 Å². The molecule has 1 aromatic rings. The molecule has 0 spiro atoms. The van der Waals surface area contributed by atoms with Gasteiger partial charge in [-0.25, -0.2) is 0 Å². The molecule has 1 aromatic carbocycles. The first-order valence-corrected chi connectivity index (χ1v) is 9.18. The summed E-state index contributed by atoms with van der Waals surface area (Å²) in [6.45, 7) is 8.12. The SMILES string of the molecule is CCCCCN(CCCCC)CCc1ccc(OC)c(OC)c1. The summed E-state index contributed by atoms with van der Waals surface area (Å²) in [5.41, 5.74) is 1.32. The van der Waals surface area contributed by atoms with Crippen LogP contribution in [0.1, 0.15) is 57.9 Å². The van der Waals surface area contributed by atoms with E-state index in [0.29, 0.717) is 0 Å². The quantitative estimate of drug-likeness (QED) is 0.481. The monoisotopic (exact) mass is 321 g/mol. The van der Waals surface area contributed by atoms with E-state index in [2.05, 4.69) is 30.9 Å². The predicted molar refractivity (Wildman–Crippen MR) is 98.7 cm³/mol. The number of methoxy groups -OCH3 is 2. The van der Waals surface area contributed by atoms with E-state index in [-0.39, 0.29) is 0 Å². The molecule has 0 aromatic heterocycles. The highest BCUT2D eigenvalue weighted by Crippen LogP contribution is 2.27. The van der Waals surface area contributed by atoms with Gasteiger partial charge in [-0.3, -0.25) is 0 Å². The maximum absolute atomic E-state index is 5.40. The molecular weight excluding hydrogens is 286 g/mol. The molecule has 0 radical (unpaired) electrons. The molecule has 0 saturated carbocycles. The fourth-order valence-electron chi connectivity index (χ4n) is 2.83. The van der Waals surface area contributed by atoms with Gasteiger partial charge in [-0.15, -0.1) is 0 Å². The van der Waals surface area contributed by atoms with E-state index < -0.39 is 0 Å². The van der Waals surface area contributed by atoms with Crippen LogP contribution in [0, 0.1) is 0 Å². The summed E-state index contributed by atoms with van der Waals surface area (Å²) in [4.78, 5) is 2.63. The summed E-state index contributed by atoms with van der Waals surface area (Å²) in [5.74, 6) is 1.63. The van der Waals surface area contributed by atoms with Crippen molar-refractivity contribution >= 4 is 0 Å². The van der Waals surface area contributed by atoms with E-state index in [1.54, 1.807) is 14.2 Å². The number of nitrogens with zero attached hydrogens (tertiary/aromatic N) is 1. The summed E-state index contributed by atoms with van der Waals surface area (Å²) in [6, 6.07) is 6.26. The van der Waals surface area contributed by atoms with Crippen LogP contribution in [0.5, 0.6) is 11.5 Å². The molecule has 0 aliphatic carbocycles. The predicted octanol–water partition coefficient (Wildman–Crippen LogP) is 4.93. The van der Waals surface area contributed by atoms with E-state index >= 15 is 0 Å². The van der Waals surface area contributed by atoms with Crippen molar-refractivity contribution in [3.8, 4) is 11.5 Å². The lowest BCUT2D eigenvalue weighted by Gasteiger charge is -2.22. The second-order valence-corrected chi connectivity index (χ2v) is 6.20. The van der Waals surface area contributed by atoms with Gasteiger partial charge >= 0.3 is 0 Å². The first-order chi connectivity index (χ1) is 11.2. The number of hydrogen-bond donors (Lipinski definition) is 0. The third kappa shape index (κ3) is 7.74. The van der Waals surface area contributed by atoms with Crippen molar-refractivity contribution in [1.29, 1.82) is 0 Å². The van der Waals surface area contributed by atoms with Crippen molar-refractivity contribution in [1.82, 2.24) is 4.90 Å². The zero-order chi connectivity index (χ0) is 16.9. The van der Waals surface area contributed by atoms with Gasteiger partial charge in [0.15, 0.2) is 11.5 Å². The summed E-state index contributed by atoms with van der Waals surface area (Å²) in [5, 5.41) is 0. The molecule has 0 bridgehead atoms. The molecule has 0 aliphatic heterocycles. The Bertz CT molecular complexity index is 410. The van der Waals surface area contributed by atoms with Gasteiger partial charge in [0.25, 0.3) is 0 Å². The molecule has 0 N–H and O–H groups in total. The van der Waals surface area contributed by atoms with Crippen molar-refractivity contribution in [2.75, 3.05) is 33.9 Å². The van der Waals surface area contributed by atoms with Crippen LogP contribution in [0.3, 0.4) is 0 Å². The van der Waals surface area contributed by atoms with E-state index in [0.717, 1.165) is 24.5 Å². The molecular formula is C20H35NO2. The molecule has 0 saturated heterocycles. The summed E-state index contributed by atoms with van der Waals surface area (Å²) in [6.07, 6.45) is 8.94.